The van der Waals surface area contributed by atoms with Crippen LogP contribution >= 0.6 is 23.1 Å². The predicted octanol–water partition coefficient (Wildman–Crippen LogP) is 0.896. The maximum Gasteiger partial charge on any atom is 0.233 e. The van der Waals surface area contributed by atoms with E-state index in [0.717, 1.165) is 9.47 Å². The van der Waals surface area contributed by atoms with Crippen molar-refractivity contribution in [1.82, 2.24) is 15.5 Å². The lowest BCUT2D eigenvalue weighted by atomic mass is 10.2. The van der Waals surface area contributed by atoms with E-state index in [-0.39, 0.29) is 28.7 Å². The van der Waals surface area contributed by atoms with Crippen molar-refractivity contribution in [2.45, 2.75) is 47.9 Å². The minimum absolute atomic E-state index is 0.0460. The number of hydrogen-bond donors (Lipinski definition) is 2. The van der Waals surface area contributed by atoms with Crippen LogP contribution in [0.25, 0.3) is 0 Å². The molecule has 1 aromatic heterocycles. The third-order valence-corrected chi connectivity index (χ3v) is 7.34. The second-order valence-corrected chi connectivity index (χ2v) is 10.5. The predicted molar refractivity (Wildman–Crippen MR) is 87.1 cm³/mol. The zero-order valence-corrected chi connectivity index (χ0v) is 14.6. The second kappa shape index (κ2) is 6.32. The number of carbonyl (C=O) groups is 1. The molecule has 2 atom stereocenters. The topological polar surface area (TPSA) is 101 Å². The first-order valence-corrected chi connectivity index (χ1v) is 10.7. The first kappa shape index (κ1) is 16.0. The van der Waals surface area contributed by atoms with E-state index < -0.39 is 9.84 Å². The molecule has 1 aromatic rings. The highest BCUT2D eigenvalue weighted by Crippen LogP contribution is 2.32. The summed E-state index contributed by atoms with van der Waals surface area (Å²) in [5.74, 6) is 0.0511. The van der Waals surface area contributed by atoms with Gasteiger partial charge in [0.1, 0.15) is 0 Å². The van der Waals surface area contributed by atoms with Crippen molar-refractivity contribution in [3.8, 4) is 0 Å². The zero-order valence-electron chi connectivity index (χ0n) is 12.1. The number of nitrogens with one attached hydrogen (secondary N) is 2. The molecule has 2 N–H and O–H groups in total. The summed E-state index contributed by atoms with van der Waals surface area (Å²) in [6, 6.07) is 0.262. The molecule has 7 nitrogen and oxygen atoms in total. The molecule has 2 heterocycles. The minimum Gasteiger partial charge on any atom is -0.357 e. The first-order chi connectivity index (χ1) is 10.4. The van der Waals surface area contributed by atoms with Crippen molar-refractivity contribution in [2.24, 2.45) is 0 Å². The molecule has 0 unspecified atom stereocenters. The molecule has 1 saturated heterocycles. The number of sulfone groups is 1. The monoisotopic (exact) mass is 362 g/mol. The Balaban J connectivity index is 1.49. The molecule has 22 heavy (non-hydrogen) atoms. The van der Waals surface area contributed by atoms with Gasteiger partial charge in [-0.25, -0.2) is 8.42 Å². The number of anilines is 1. The Kier molecular flexibility index (Phi) is 4.60. The molecule has 0 spiro atoms. The summed E-state index contributed by atoms with van der Waals surface area (Å²) in [6.45, 7) is 1.79. The highest BCUT2D eigenvalue weighted by Gasteiger charge is 2.30. The fourth-order valence-corrected chi connectivity index (χ4v) is 5.81. The molecule has 0 aromatic carbocycles. The van der Waals surface area contributed by atoms with E-state index in [9.17, 15) is 13.2 Å². The Labute approximate surface area is 137 Å². The summed E-state index contributed by atoms with van der Waals surface area (Å²) in [5.41, 5.74) is 0. The molecule has 1 saturated carbocycles. The van der Waals surface area contributed by atoms with Crippen molar-refractivity contribution in [2.75, 3.05) is 16.8 Å². The van der Waals surface area contributed by atoms with E-state index in [1.54, 1.807) is 6.92 Å². The van der Waals surface area contributed by atoms with Gasteiger partial charge in [-0.05, 0) is 26.2 Å². The standard InChI is InChI=1S/C12H18N4O3S3/c1-7(10(17)13-9-4-5-22(18,19)6-9)20-12-16-15-11(21-12)14-8-2-3-8/h7-9H,2-6H2,1H3,(H,13,17)(H,14,15)/t7-,9-/m1/s1. The SMILES string of the molecule is C[C@@H](Sc1nnc(NC2CC2)s1)C(=O)N[C@@H]1CCS(=O)(=O)C1. The van der Waals surface area contributed by atoms with Gasteiger partial charge >= 0.3 is 0 Å². The van der Waals surface area contributed by atoms with E-state index in [4.69, 9.17) is 0 Å². The third-order valence-electron chi connectivity index (χ3n) is 3.54. The smallest absolute Gasteiger partial charge is 0.233 e. The maximum atomic E-state index is 12.1. The van der Waals surface area contributed by atoms with Gasteiger partial charge in [0, 0.05) is 12.1 Å². The summed E-state index contributed by atoms with van der Waals surface area (Å²) < 4.78 is 23.5. The maximum absolute atomic E-state index is 12.1. The number of amides is 1. The number of carbonyl (C=O) groups excluding carboxylic acids is 1. The van der Waals surface area contributed by atoms with Crippen LogP contribution in [0.4, 0.5) is 5.13 Å². The van der Waals surface area contributed by atoms with Gasteiger partial charge in [-0.3, -0.25) is 4.79 Å². The van der Waals surface area contributed by atoms with Crippen molar-refractivity contribution >= 4 is 44.0 Å². The molecule has 2 aliphatic rings. The summed E-state index contributed by atoms with van der Waals surface area (Å²) in [4.78, 5) is 12.1. The highest BCUT2D eigenvalue weighted by molar-refractivity contribution is 8.02. The lowest BCUT2D eigenvalue weighted by Gasteiger charge is -2.14. The average Bonchev–Trinajstić information content (AvgIpc) is 3.04. The van der Waals surface area contributed by atoms with Crippen LogP contribution in [0.15, 0.2) is 4.34 Å². The molecule has 10 heteroatoms. The normalized spacial score (nSPS) is 24.9. The molecule has 122 valence electrons. The Morgan fingerprint density at radius 3 is 2.73 bits per heavy atom. The molecular formula is C12H18N4O3S3. The number of thioether (sulfide) groups is 1. The molecule has 1 aliphatic carbocycles. The molecule has 0 radical (unpaired) electrons. The number of rotatable bonds is 6. The van der Waals surface area contributed by atoms with E-state index in [1.165, 1.54) is 35.9 Å². The van der Waals surface area contributed by atoms with Crippen LogP contribution in [0.5, 0.6) is 0 Å². The van der Waals surface area contributed by atoms with Crippen LogP contribution in [-0.2, 0) is 14.6 Å². The van der Waals surface area contributed by atoms with Crippen LogP contribution in [0.1, 0.15) is 26.2 Å². The van der Waals surface area contributed by atoms with Crippen LogP contribution in [-0.4, -0.2) is 53.4 Å². The fourth-order valence-electron chi connectivity index (χ4n) is 2.15. The van der Waals surface area contributed by atoms with Gasteiger partial charge in [-0.1, -0.05) is 23.1 Å². The van der Waals surface area contributed by atoms with Crippen molar-refractivity contribution in [3.05, 3.63) is 0 Å². The van der Waals surface area contributed by atoms with E-state index in [2.05, 4.69) is 20.8 Å². The minimum atomic E-state index is -2.98. The third kappa shape index (κ3) is 4.32. The lowest BCUT2D eigenvalue weighted by molar-refractivity contribution is -0.120. The zero-order chi connectivity index (χ0) is 15.7. The Morgan fingerprint density at radius 1 is 1.32 bits per heavy atom. The molecule has 0 bridgehead atoms. The summed E-state index contributed by atoms with van der Waals surface area (Å²) >= 11 is 2.79. The van der Waals surface area contributed by atoms with Gasteiger partial charge in [0.15, 0.2) is 14.2 Å². The number of hydrogen-bond acceptors (Lipinski definition) is 8. The number of nitrogens with zero attached hydrogens (tertiary/aromatic N) is 2. The molecular weight excluding hydrogens is 344 g/mol. The molecule has 1 aliphatic heterocycles. The summed E-state index contributed by atoms with van der Waals surface area (Å²) in [7, 11) is -2.98. The van der Waals surface area contributed by atoms with Gasteiger partial charge in [0.2, 0.25) is 11.0 Å². The largest absolute Gasteiger partial charge is 0.357 e. The lowest BCUT2D eigenvalue weighted by Crippen LogP contribution is -2.39. The molecule has 3 rings (SSSR count). The van der Waals surface area contributed by atoms with Crippen molar-refractivity contribution < 1.29 is 13.2 Å². The average molecular weight is 363 g/mol. The van der Waals surface area contributed by atoms with Gasteiger partial charge in [-0.2, -0.15) is 0 Å². The van der Waals surface area contributed by atoms with E-state index in [1.807, 2.05) is 0 Å². The second-order valence-electron chi connectivity index (χ2n) is 5.66. The Morgan fingerprint density at radius 2 is 2.09 bits per heavy atom. The van der Waals surface area contributed by atoms with Crippen LogP contribution < -0.4 is 10.6 Å². The fraction of sp³-hybridized carbons (Fsp3) is 0.750. The Hall–Kier alpha value is -0.870. The van der Waals surface area contributed by atoms with Gasteiger partial charge in [0.05, 0.1) is 16.8 Å². The van der Waals surface area contributed by atoms with Crippen LogP contribution in [0.2, 0.25) is 0 Å². The summed E-state index contributed by atoms with van der Waals surface area (Å²) in [5, 5.41) is 14.7. The van der Waals surface area contributed by atoms with Gasteiger partial charge in [-0.15, -0.1) is 10.2 Å². The van der Waals surface area contributed by atoms with E-state index in [0.29, 0.717) is 12.5 Å². The Bertz CT molecular complexity index is 656. The number of aromatic nitrogens is 2. The molecule has 2 fully saturated rings. The first-order valence-electron chi connectivity index (χ1n) is 7.19. The van der Waals surface area contributed by atoms with Gasteiger partial charge in [0.25, 0.3) is 0 Å². The summed E-state index contributed by atoms with van der Waals surface area (Å²) in [6.07, 6.45) is 2.84. The van der Waals surface area contributed by atoms with E-state index >= 15 is 0 Å². The molecule has 1 amide bonds. The van der Waals surface area contributed by atoms with Crippen LogP contribution in [0, 0.1) is 0 Å². The van der Waals surface area contributed by atoms with Crippen molar-refractivity contribution in [3.63, 3.8) is 0 Å². The highest BCUT2D eigenvalue weighted by atomic mass is 32.2. The van der Waals surface area contributed by atoms with Crippen LogP contribution in [0.3, 0.4) is 0 Å². The van der Waals surface area contributed by atoms with Crippen molar-refractivity contribution in [1.29, 1.82) is 0 Å². The quantitative estimate of drug-likeness (QED) is 0.725. The van der Waals surface area contributed by atoms with Gasteiger partial charge < -0.3 is 10.6 Å².